The quantitative estimate of drug-likeness (QED) is 0.337. The molecular formula is C23H18Cl3N3O3S. The highest BCUT2D eigenvalue weighted by atomic mass is 35.5. The third-order valence-corrected chi connectivity index (χ3v) is 5.22. The van der Waals surface area contributed by atoms with E-state index >= 15 is 0 Å². The first-order chi connectivity index (χ1) is 15.7. The van der Waals surface area contributed by atoms with Crippen LogP contribution in [0, 0.1) is 0 Å². The molecule has 0 saturated heterocycles. The number of rotatable bonds is 6. The molecule has 0 aliphatic rings. The zero-order chi connectivity index (χ0) is 24.0. The van der Waals surface area contributed by atoms with Gasteiger partial charge in [0.1, 0.15) is 5.75 Å². The summed E-state index contributed by atoms with van der Waals surface area (Å²) in [5.41, 5.74) is 1.45. The lowest BCUT2D eigenvalue weighted by Crippen LogP contribution is -2.34. The van der Waals surface area contributed by atoms with Crippen molar-refractivity contribution in [2.75, 3.05) is 10.6 Å². The lowest BCUT2D eigenvalue weighted by molar-refractivity contribution is -0.122. The molecule has 1 unspecified atom stereocenters. The second-order valence-corrected chi connectivity index (χ2v) is 8.51. The average Bonchev–Trinajstić information content (AvgIpc) is 2.76. The van der Waals surface area contributed by atoms with Crippen LogP contribution in [0.25, 0.3) is 0 Å². The summed E-state index contributed by atoms with van der Waals surface area (Å²) in [6.07, 6.45) is -0.759. The Morgan fingerprint density at radius 1 is 0.879 bits per heavy atom. The summed E-state index contributed by atoms with van der Waals surface area (Å²) in [6, 6.07) is 18.2. The Morgan fingerprint density at radius 3 is 2.06 bits per heavy atom. The Labute approximate surface area is 211 Å². The molecule has 0 radical (unpaired) electrons. The molecule has 6 nitrogen and oxygen atoms in total. The van der Waals surface area contributed by atoms with Crippen molar-refractivity contribution in [2.24, 2.45) is 0 Å². The molecule has 0 spiro atoms. The summed E-state index contributed by atoms with van der Waals surface area (Å²) in [4.78, 5) is 24.7. The predicted molar refractivity (Wildman–Crippen MR) is 137 cm³/mol. The second kappa shape index (κ2) is 11.3. The minimum atomic E-state index is -0.759. The van der Waals surface area contributed by atoms with Crippen LogP contribution in [0.3, 0.4) is 0 Å². The van der Waals surface area contributed by atoms with E-state index in [4.69, 9.17) is 51.8 Å². The van der Waals surface area contributed by atoms with Crippen LogP contribution < -0.4 is 20.7 Å². The van der Waals surface area contributed by atoms with E-state index in [-0.39, 0.29) is 16.6 Å². The lowest BCUT2D eigenvalue weighted by atomic mass is 10.2. The molecule has 10 heteroatoms. The van der Waals surface area contributed by atoms with Gasteiger partial charge >= 0.3 is 0 Å². The first-order valence-corrected chi connectivity index (χ1v) is 11.2. The van der Waals surface area contributed by atoms with Crippen LogP contribution in [0.1, 0.15) is 17.3 Å². The van der Waals surface area contributed by atoms with Gasteiger partial charge in [-0.05, 0) is 73.7 Å². The average molecular weight is 523 g/mol. The Bertz CT molecular complexity index is 1170. The summed E-state index contributed by atoms with van der Waals surface area (Å²) < 4.78 is 5.61. The summed E-state index contributed by atoms with van der Waals surface area (Å²) in [5.74, 6) is -0.358. The van der Waals surface area contributed by atoms with E-state index in [1.165, 1.54) is 18.2 Å². The van der Waals surface area contributed by atoms with Gasteiger partial charge in [-0.25, -0.2) is 0 Å². The van der Waals surface area contributed by atoms with Gasteiger partial charge in [0.15, 0.2) is 11.2 Å². The van der Waals surface area contributed by atoms with Crippen LogP contribution in [0.5, 0.6) is 5.75 Å². The molecule has 0 aliphatic heterocycles. The van der Waals surface area contributed by atoms with Gasteiger partial charge in [-0.1, -0.05) is 46.9 Å². The van der Waals surface area contributed by atoms with Gasteiger partial charge in [-0.2, -0.15) is 0 Å². The Morgan fingerprint density at radius 2 is 1.45 bits per heavy atom. The number of anilines is 2. The normalized spacial score (nSPS) is 11.3. The molecular weight excluding hydrogens is 505 g/mol. The first kappa shape index (κ1) is 24.8. The Hall–Kier alpha value is -2.84. The molecule has 0 fully saturated rings. The van der Waals surface area contributed by atoms with E-state index < -0.39 is 12.0 Å². The smallest absolute Gasteiger partial charge is 0.265 e. The molecule has 0 aromatic heterocycles. The predicted octanol–water partition coefficient (Wildman–Crippen LogP) is 6.18. The van der Waals surface area contributed by atoms with Crippen LogP contribution >= 0.6 is 47.0 Å². The Kier molecular flexibility index (Phi) is 8.52. The number of benzene rings is 3. The molecule has 0 aliphatic carbocycles. The minimum Gasteiger partial charge on any atom is -0.479 e. The summed E-state index contributed by atoms with van der Waals surface area (Å²) >= 11 is 23.1. The van der Waals surface area contributed by atoms with E-state index in [9.17, 15) is 9.59 Å². The van der Waals surface area contributed by atoms with Gasteiger partial charge in [0.2, 0.25) is 0 Å². The van der Waals surface area contributed by atoms with Crippen LogP contribution in [0.15, 0.2) is 66.7 Å². The van der Waals surface area contributed by atoms with E-state index in [0.717, 1.165) is 0 Å². The lowest BCUT2D eigenvalue weighted by Gasteiger charge is -2.16. The first-order valence-electron chi connectivity index (χ1n) is 9.62. The molecule has 3 aromatic rings. The summed E-state index contributed by atoms with van der Waals surface area (Å²) in [7, 11) is 0. The summed E-state index contributed by atoms with van der Waals surface area (Å²) in [5, 5.41) is 9.42. The van der Waals surface area contributed by atoms with E-state index in [1.807, 2.05) is 0 Å². The van der Waals surface area contributed by atoms with Crippen LogP contribution in [-0.2, 0) is 4.79 Å². The largest absolute Gasteiger partial charge is 0.479 e. The van der Waals surface area contributed by atoms with Gasteiger partial charge < -0.3 is 15.4 Å². The van der Waals surface area contributed by atoms with Crippen LogP contribution in [0.2, 0.25) is 15.1 Å². The number of halogens is 3. The number of ether oxygens (including phenoxy) is 1. The zero-order valence-corrected chi connectivity index (χ0v) is 20.3. The number of hydrogen-bond acceptors (Lipinski definition) is 4. The van der Waals surface area contributed by atoms with Gasteiger partial charge in [0.05, 0.1) is 5.02 Å². The van der Waals surface area contributed by atoms with Gasteiger partial charge in [0.25, 0.3) is 11.8 Å². The molecule has 3 aromatic carbocycles. The third kappa shape index (κ3) is 7.33. The highest BCUT2D eigenvalue weighted by Crippen LogP contribution is 2.24. The van der Waals surface area contributed by atoms with Crippen LogP contribution in [-0.4, -0.2) is 23.0 Å². The summed E-state index contributed by atoms with van der Waals surface area (Å²) in [6.45, 7) is 1.63. The molecule has 170 valence electrons. The highest BCUT2D eigenvalue weighted by Gasteiger charge is 2.16. The number of thiocarbonyl (C=S) groups is 1. The van der Waals surface area contributed by atoms with Crippen molar-refractivity contribution in [2.45, 2.75) is 13.0 Å². The van der Waals surface area contributed by atoms with E-state index in [2.05, 4.69) is 16.0 Å². The SMILES string of the molecule is CC(Oc1ccccc1Cl)C(=O)Nc1ccc(NC(=S)NC(=O)c2cc(Cl)cc(Cl)c2)cc1. The number of amides is 2. The molecule has 0 bridgehead atoms. The fraction of sp³-hybridized carbons (Fsp3) is 0.0870. The monoisotopic (exact) mass is 521 g/mol. The standard InChI is InChI=1S/C23H18Cl3N3O3S/c1-13(32-20-5-3-2-4-19(20)26)21(30)27-17-6-8-18(9-7-17)28-23(33)29-22(31)14-10-15(24)12-16(25)11-14/h2-13H,1H3,(H,27,30)(H2,28,29,31,33). The van der Waals surface area contributed by atoms with Crippen molar-refractivity contribution in [3.05, 3.63) is 87.4 Å². The maximum absolute atomic E-state index is 12.4. The number of hydrogen-bond donors (Lipinski definition) is 3. The fourth-order valence-electron chi connectivity index (χ4n) is 2.69. The number of para-hydroxylation sites is 1. The molecule has 0 saturated carbocycles. The maximum atomic E-state index is 12.4. The molecule has 33 heavy (non-hydrogen) atoms. The molecule has 3 N–H and O–H groups in total. The molecule has 2 amide bonds. The molecule has 3 rings (SSSR count). The topological polar surface area (TPSA) is 79.5 Å². The van der Waals surface area contributed by atoms with Crippen LogP contribution in [0.4, 0.5) is 11.4 Å². The van der Waals surface area contributed by atoms with Crippen molar-refractivity contribution in [3.8, 4) is 5.75 Å². The van der Waals surface area contributed by atoms with Crippen molar-refractivity contribution >= 4 is 75.3 Å². The number of carbonyl (C=O) groups excluding carboxylic acids is 2. The molecule has 1 atom stereocenters. The zero-order valence-electron chi connectivity index (χ0n) is 17.2. The van der Waals surface area contributed by atoms with Crippen molar-refractivity contribution in [1.29, 1.82) is 0 Å². The third-order valence-electron chi connectivity index (χ3n) is 4.27. The van der Waals surface area contributed by atoms with Crippen molar-refractivity contribution < 1.29 is 14.3 Å². The minimum absolute atomic E-state index is 0.0923. The van der Waals surface area contributed by atoms with Crippen molar-refractivity contribution in [1.82, 2.24) is 5.32 Å². The van der Waals surface area contributed by atoms with Crippen molar-refractivity contribution in [3.63, 3.8) is 0 Å². The fourth-order valence-corrected chi connectivity index (χ4v) is 3.60. The second-order valence-electron chi connectivity index (χ2n) is 6.82. The van der Waals surface area contributed by atoms with Gasteiger partial charge in [-0.3, -0.25) is 14.9 Å². The highest BCUT2D eigenvalue weighted by molar-refractivity contribution is 7.80. The van der Waals surface area contributed by atoms with Gasteiger partial charge in [0, 0.05) is 27.0 Å². The number of nitrogens with one attached hydrogen (secondary N) is 3. The Balaban J connectivity index is 1.53. The molecule has 0 heterocycles. The maximum Gasteiger partial charge on any atom is 0.265 e. The van der Waals surface area contributed by atoms with E-state index in [1.54, 1.807) is 55.5 Å². The number of carbonyl (C=O) groups is 2. The van der Waals surface area contributed by atoms with E-state index in [0.29, 0.717) is 32.2 Å². The van der Waals surface area contributed by atoms with Gasteiger partial charge in [-0.15, -0.1) is 0 Å².